The number of carboxylic acid groups (broad SMARTS) is 1. The lowest BCUT2D eigenvalue weighted by Crippen LogP contribution is -2.35. The van der Waals surface area contributed by atoms with Gasteiger partial charge >= 0.3 is 5.97 Å². The molecule has 0 radical (unpaired) electrons. The van der Waals surface area contributed by atoms with Crippen LogP contribution in [-0.2, 0) is 10.0 Å². The van der Waals surface area contributed by atoms with Crippen molar-refractivity contribution in [2.75, 3.05) is 13.1 Å². The number of hydrogen-bond donors (Lipinski definition) is 1. The fourth-order valence-electron chi connectivity index (χ4n) is 3.00. The molecule has 25 heavy (non-hydrogen) atoms. The normalized spacial score (nSPS) is 15.9. The SMILES string of the molecule is O=C(O)c1ccc(F)cc1-c1ccc(S(=O)(=O)N2CCCCC2)cc1. The highest BCUT2D eigenvalue weighted by Crippen LogP contribution is 2.27. The van der Waals surface area contributed by atoms with Crippen LogP contribution in [0.15, 0.2) is 47.4 Å². The molecule has 7 heteroatoms. The van der Waals surface area contributed by atoms with Gasteiger partial charge in [0, 0.05) is 13.1 Å². The summed E-state index contributed by atoms with van der Waals surface area (Å²) in [5.74, 6) is -1.72. The van der Waals surface area contributed by atoms with Gasteiger partial charge in [-0.2, -0.15) is 4.31 Å². The number of hydrogen-bond acceptors (Lipinski definition) is 3. The van der Waals surface area contributed by atoms with Crippen molar-refractivity contribution in [3.63, 3.8) is 0 Å². The number of nitrogens with zero attached hydrogens (tertiary/aromatic N) is 1. The number of aromatic carboxylic acids is 1. The van der Waals surface area contributed by atoms with Crippen LogP contribution in [0.4, 0.5) is 4.39 Å². The monoisotopic (exact) mass is 363 g/mol. The zero-order valence-electron chi connectivity index (χ0n) is 13.5. The summed E-state index contributed by atoms with van der Waals surface area (Å²) in [5.41, 5.74) is 0.636. The van der Waals surface area contributed by atoms with Crippen LogP contribution in [0.1, 0.15) is 29.6 Å². The molecule has 0 amide bonds. The average molecular weight is 363 g/mol. The Kier molecular flexibility index (Phi) is 4.87. The average Bonchev–Trinajstić information content (AvgIpc) is 2.62. The largest absolute Gasteiger partial charge is 0.478 e. The minimum atomic E-state index is -3.55. The minimum Gasteiger partial charge on any atom is -0.478 e. The highest BCUT2D eigenvalue weighted by Gasteiger charge is 2.25. The van der Waals surface area contributed by atoms with Crippen molar-refractivity contribution in [1.29, 1.82) is 0 Å². The summed E-state index contributed by atoms with van der Waals surface area (Å²) >= 11 is 0. The molecule has 1 saturated heterocycles. The van der Waals surface area contributed by atoms with E-state index in [1.165, 1.54) is 34.6 Å². The number of carboxylic acids is 1. The van der Waals surface area contributed by atoms with Crippen LogP contribution in [0.3, 0.4) is 0 Å². The lowest BCUT2D eigenvalue weighted by atomic mass is 10.00. The van der Waals surface area contributed by atoms with Gasteiger partial charge in [-0.3, -0.25) is 0 Å². The van der Waals surface area contributed by atoms with Crippen molar-refractivity contribution in [3.05, 3.63) is 53.8 Å². The summed E-state index contributed by atoms with van der Waals surface area (Å²) in [4.78, 5) is 11.5. The number of rotatable bonds is 4. The number of benzene rings is 2. The maximum Gasteiger partial charge on any atom is 0.336 e. The van der Waals surface area contributed by atoms with Crippen molar-refractivity contribution < 1.29 is 22.7 Å². The van der Waals surface area contributed by atoms with Gasteiger partial charge in [0.15, 0.2) is 0 Å². The smallest absolute Gasteiger partial charge is 0.336 e. The Labute approximate surface area is 145 Å². The molecule has 0 bridgehead atoms. The molecule has 2 aromatic rings. The van der Waals surface area contributed by atoms with Crippen LogP contribution in [0.25, 0.3) is 11.1 Å². The van der Waals surface area contributed by atoms with Gasteiger partial charge in [-0.1, -0.05) is 18.6 Å². The van der Waals surface area contributed by atoms with Crippen molar-refractivity contribution in [3.8, 4) is 11.1 Å². The highest BCUT2D eigenvalue weighted by molar-refractivity contribution is 7.89. The predicted octanol–water partition coefficient (Wildman–Crippen LogP) is 3.37. The number of sulfonamides is 1. The third-order valence-electron chi connectivity index (χ3n) is 4.33. The lowest BCUT2D eigenvalue weighted by Gasteiger charge is -2.25. The maximum absolute atomic E-state index is 13.5. The quantitative estimate of drug-likeness (QED) is 0.904. The Morgan fingerprint density at radius 2 is 1.64 bits per heavy atom. The Balaban J connectivity index is 1.96. The van der Waals surface area contributed by atoms with Gasteiger partial charge in [0.25, 0.3) is 0 Å². The van der Waals surface area contributed by atoms with Gasteiger partial charge in [0.1, 0.15) is 5.82 Å². The molecule has 3 rings (SSSR count). The lowest BCUT2D eigenvalue weighted by molar-refractivity contribution is 0.0697. The fourth-order valence-corrected chi connectivity index (χ4v) is 4.52. The van der Waals surface area contributed by atoms with Gasteiger partial charge in [0.2, 0.25) is 10.0 Å². The molecule has 1 N–H and O–H groups in total. The van der Waals surface area contributed by atoms with Gasteiger partial charge in [-0.25, -0.2) is 17.6 Å². The van der Waals surface area contributed by atoms with Crippen LogP contribution < -0.4 is 0 Å². The first-order chi connectivity index (χ1) is 11.9. The van der Waals surface area contributed by atoms with Crippen molar-refractivity contribution >= 4 is 16.0 Å². The molecular weight excluding hydrogens is 345 g/mol. The minimum absolute atomic E-state index is 0.0342. The Morgan fingerprint density at radius 3 is 2.24 bits per heavy atom. The topological polar surface area (TPSA) is 74.7 Å². The molecule has 5 nitrogen and oxygen atoms in total. The fraction of sp³-hybridized carbons (Fsp3) is 0.278. The summed E-state index contributed by atoms with van der Waals surface area (Å²) in [5, 5.41) is 9.25. The van der Waals surface area contributed by atoms with Gasteiger partial charge in [-0.05, 0) is 54.3 Å². The molecule has 0 saturated carbocycles. The van der Waals surface area contributed by atoms with E-state index in [-0.39, 0.29) is 16.0 Å². The standard InChI is InChI=1S/C18H18FNO4S/c19-14-6-9-16(18(21)22)17(12-14)13-4-7-15(8-5-13)25(23,24)20-10-2-1-3-11-20/h4-9,12H,1-3,10-11H2,(H,21,22). The Morgan fingerprint density at radius 1 is 1.00 bits per heavy atom. The summed E-state index contributed by atoms with van der Waals surface area (Å²) in [6, 6.07) is 9.33. The molecule has 1 heterocycles. The number of halogens is 1. The molecule has 2 aromatic carbocycles. The first kappa shape index (κ1) is 17.6. The molecule has 0 unspecified atom stereocenters. The van der Waals surface area contributed by atoms with E-state index in [0.29, 0.717) is 18.7 Å². The first-order valence-electron chi connectivity index (χ1n) is 8.03. The van der Waals surface area contributed by atoms with E-state index in [1.54, 1.807) is 0 Å². The molecule has 1 aliphatic heterocycles. The van der Waals surface area contributed by atoms with E-state index < -0.39 is 21.8 Å². The third kappa shape index (κ3) is 3.57. The molecule has 1 fully saturated rings. The van der Waals surface area contributed by atoms with Crippen molar-refractivity contribution in [2.45, 2.75) is 24.2 Å². The second-order valence-corrected chi connectivity index (χ2v) is 7.92. The zero-order valence-corrected chi connectivity index (χ0v) is 14.3. The summed E-state index contributed by atoms with van der Waals surface area (Å²) in [7, 11) is -3.55. The molecule has 132 valence electrons. The van der Waals surface area contributed by atoms with Crippen LogP contribution in [0, 0.1) is 5.82 Å². The van der Waals surface area contributed by atoms with Gasteiger partial charge < -0.3 is 5.11 Å². The van der Waals surface area contributed by atoms with Gasteiger partial charge in [-0.15, -0.1) is 0 Å². The van der Waals surface area contributed by atoms with E-state index in [0.717, 1.165) is 31.4 Å². The summed E-state index contributed by atoms with van der Waals surface area (Å²) in [6.07, 6.45) is 2.73. The Bertz CT molecular complexity index is 888. The molecule has 0 aromatic heterocycles. The van der Waals surface area contributed by atoms with E-state index >= 15 is 0 Å². The zero-order chi connectivity index (χ0) is 18.0. The van der Waals surface area contributed by atoms with Crippen molar-refractivity contribution in [2.24, 2.45) is 0 Å². The van der Waals surface area contributed by atoms with E-state index in [9.17, 15) is 22.7 Å². The summed E-state index contributed by atoms with van der Waals surface area (Å²) in [6.45, 7) is 1.02. The molecule has 1 aliphatic rings. The number of carbonyl (C=O) groups is 1. The molecule has 0 aliphatic carbocycles. The summed E-state index contributed by atoms with van der Waals surface area (Å²) < 4.78 is 40.3. The number of piperidine rings is 1. The van der Waals surface area contributed by atoms with Crippen LogP contribution >= 0.6 is 0 Å². The van der Waals surface area contributed by atoms with Crippen LogP contribution in [-0.4, -0.2) is 36.9 Å². The Hall–Kier alpha value is -2.25. The highest BCUT2D eigenvalue weighted by atomic mass is 32.2. The first-order valence-corrected chi connectivity index (χ1v) is 9.47. The van der Waals surface area contributed by atoms with Crippen LogP contribution in [0.5, 0.6) is 0 Å². The van der Waals surface area contributed by atoms with E-state index in [2.05, 4.69) is 0 Å². The van der Waals surface area contributed by atoms with Crippen molar-refractivity contribution in [1.82, 2.24) is 4.31 Å². The molecular formula is C18H18FNO4S. The maximum atomic E-state index is 13.5. The second kappa shape index (κ2) is 6.93. The van der Waals surface area contributed by atoms with Crippen LogP contribution in [0.2, 0.25) is 0 Å². The molecule has 0 spiro atoms. The third-order valence-corrected chi connectivity index (χ3v) is 6.24. The van der Waals surface area contributed by atoms with Gasteiger partial charge in [0.05, 0.1) is 10.5 Å². The predicted molar refractivity (Wildman–Crippen MR) is 91.4 cm³/mol. The molecule has 0 atom stereocenters. The second-order valence-electron chi connectivity index (χ2n) is 5.98. The van der Waals surface area contributed by atoms with E-state index in [4.69, 9.17) is 0 Å². The van der Waals surface area contributed by atoms with E-state index in [1.807, 2.05) is 0 Å².